The van der Waals surface area contributed by atoms with Crippen LogP contribution < -0.4 is 4.90 Å². The third-order valence-electron chi connectivity index (χ3n) is 6.13. The first kappa shape index (κ1) is 15.9. The third kappa shape index (κ3) is 3.13. The minimum atomic E-state index is 0.114. The summed E-state index contributed by atoms with van der Waals surface area (Å²) in [6, 6.07) is 2.36. The van der Waals surface area contributed by atoms with Crippen molar-refractivity contribution in [2.24, 2.45) is 11.8 Å². The molecule has 2 saturated heterocycles. The topological polar surface area (TPSA) is 49.3 Å². The van der Waals surface area contributed by atoms with E-state index in [0.29, 0.717) is 11.9 Å². The number of anilines is 1. The number of hydrogen-bond donors (Lipinski definition) is 0. The van der Waals surface area contributed by atoms with Crippen LogP contribution in [-0.4, -0.2) is 46.5 Å². The maximum atomic E-state index is 13.2. The van der Waals surface area contributed by atoms with Gasteiger partial charge in [-0.25, -0.2) is 9.97 Å². The average Bonchev–Trinajstić information content (AvgIpc) is 2.68. The Morgan fingerprint density at radius 2 is 1.71 bits per heavy atom. The van der Waals surface area contributed by atoms with Gasteiger partial charge in [0.25, 0.3) is 0 Å². The second-order valence-corrected chi connectivity index (χ2v) is 7.62. The van der Waals surface area contributed by atoms with Crippen LogP contribution in [0, 0.1) is 11.8 Å². The van der Waals surface area contributed by atoms with Crippen LogP contribution in [0.1, 0.15) is 51.4 Å². The summed E-state index contributed by atoms with van der Waals surface area (Å²) in [5, 5.41) is 0. The molecule has 0 aromatic carbocycles. The molecule has 0 spiro atoms. The predicted octanol–water partition coefficient (Wildman–Crippen LogP) is 2.87. The molecule has 1 amide bonds. The van der Waals surface area contributed by atoms with Crippen molar-refractivity contribution in [3.8, 4) is 0 Å². The summed E-state index contributed by atoms with van der Waals surface area (Å²) in [5.74, 6) is 2.04. The number of carbonyl (C=O) groups is 1. The molecule has 1 saturated carbocycles. The smallest absolute Gasteiger partial charge is 0.227 e. The van der Waals surface area contributed by atoms with E-state index in [0.717, 1.165) is 44.3 Å². The van der Waals surface area contributed by atoms with Crippen molar-refractivity contribution < 1.29 is 4.79 Å². The molecule has 0 bridgehead atoms. The van der Waals surface area contributed by atoms with Gasteiger partial charge in [0, 0.05) is 38.1 Å². The van der Waals surface area contributed by atoms with Crippen molar-refractivity contribution >= 4 is 11.9 Å². The first-order chi connectivity index (χ1) is 11.8. The Morgan fingerprint density at radius 3 is 2.58 bits per heavy atom. The fourth-order valence-electron chi connectivity index (χ4n) is 4.95. The molecule has 1 aliphatic carbocycles. The quantitative estimate of drug-likeness (QED) is 0.837. The molecule has 3 fully saturated rings. The SMILES string of the molecule is O=C([C@@H]1CCCN(c2ncccn2)C1)N1CCC[C@@H]2CCCC[C@@H]21. The minimum Gasteiger partial charge on any atom is -0.340 e. The molecule has 3 aliphatic rings. The van der Waals surface area contributed by atoms with Gasteiger partial charge in [-0.05, 0) is 50.5 Å². The molecule has 5 heteroatoms. The molecule has 0 radical (unpaired) electrons. The number of carbonyl (C=O) groups excluding carboxylic acids is 1. The van der Waals surface area contributed by atoms with Crippen molar-refractivity contribution in [1.82, 2.24) is 14.9 Å². The monoisotopic (exact) mass is 328 g/mol. The highest BCUT2D eigenvalue weighted by molar-refractivity contribution is 5.80. The molecule has 4 rings (SSSR count). The van der Waals surface area contributed by atoms with Gasteiger partial charge >= 0.3 is 0 Å². The van der Waals surface area contributed by atoms with Crippen LogP contribution in [0.5, 0.6) is 0 Å². The van der Waals surface area contributed by atoms with E-state index in [-0.39, 0.29) is 5.92 Å². The van der Waals surface area contributed by atoms with Gasteiger partial charge in [-0.15, -0.1) is 0 Å². The summed E-state index contributed by atoms with van der Waals surface area (Å²) in [6.45, 7) is 2.70. The second-order valence-electron chi connectivity index (χ2n) is 7.62. The van der Waals surface area contributed by atoms with Crippen LogP contribution in [0.4, 0.5) is 5.95 Å². The number of nitrogens with zero attached hydrogens (tertiary/aromatic N) is 4. The van der Waals surface area contributed by atoms with E-state index in [1.54, 1.807) is 12.4 Å². The summed E-state index contributed by atoms with van der Waals surface area (Å²) in [5.41, 5.74) is 0. The zero-order valence-corrected chi connectivity index (χ0v) is 14.4. The minimum absolute atomic E-state index is 0.114. The zero-order valence-electron chi connectivity index (χ0n) is 14.4. The third-order valence-corrected chi connectivity index (χ3v) is 6.13. The van der Waals surface area contributed by atoms with Gasteiger partial charge in [-0.2, -0.15) is 0 Å². The number of hydrogen-bond acceptors (Lipinski definition) is 4. The average molecular weight is 328 g/mol. The van der Waals surface area contributed by atoms with Gasteiger partial charge in [0.2, 0.25) is 11.9 Å². The van der Waals surface area contributed by atoms with Crippen molar-refractivity contribution in [3.63, 3.8) is 0 Å². The Hall–Kier alpha value is -1.65. The Balaban J connectivity index is 1.45. The molecule has 24 heavy (non-hydrogen) atoms. The molecule has 3 heterocycles. The van der Waals surface area contributed by atoms with Crippen molar-refractivity contribution in [3.05, 3.63) is 18.5 Å². The molecule has 5 nitrogen and oxygen atoms in total. The van der Waals surface area contributed by atoms with Crippen LogP contribution in [0.2, 0.25) is 0 Å². The Kier molecular flexibility index (Phi) is 4.67. The van der Waals surface area contributed by atoms with E-state index >= 15 is 0 Å². The molecule has 1 aromatic heterocycles. The van der Waals surface area contributed by atoms with Gasteiger partial charge in [0.1, 0.15) is 0 Å². The number of amides is 1. The molecule has 3 atom stereocenters. The van der Waals surface area contributed by atoms with Crippen LogP contribution in [0.25, 0.3) is 0 Å². The normalized spacial score (nSPS) is 30.8. The fraction of sp³-hybridized carbons (Fsp3) is 0.737. The summed E-state index contributed by atoms with van der Waals surface area (Å²) >= 11 is 0. The van der Waals surface area contributed by atoms with Crippen LogP contribution >= 0.6 is 0 Å². The highest BCUT2D eigenvalue weighted by atomic mass is 16.2. The summed E-state index contributed by atoms with van der Waals surface area (Å²) in [7, 11) is 0. The zero-order chi connectivity index (χ0) is 16.4. The lowest BCUT2D eigenvalue weighted by atomic mass is 9.77. The highest BCUT2D eigenvalue weighted by Gasteiger charge is 2.39. The van der Waals surface area contributed by atoms with E-state index in [9.17, 15) is 4.79 Å². The van der Waals surface area contributed by atoms with E-state index in [2.05, 4.69) is 19.8 Å². The molecule has 130 valence electrons. The fourth-order valence-corrected chi connectivity index (χ4v) is 4.95. The molecule has 0 unspecified atom stereocenters. The maximum absolute atomic E-state index is 13.2. The van der Waals surface area contributed by atoms with Gasteiger partial charge in [-0.1, -0.05) is 12.8 Å². The summed E-state index contributed by atoms with van der Waals surface area (Å²) in [4.78, 5) is 26.4. The Labute approximate surface area is 144 Å². The number of fused-ring (bicyclic) bond motifs is 1. The van der Waals surface area contributed by atoms with E-state index in [4.69, 9.17) is 0 Å². The maximum Gasteiger partial charge on any atom is 0.227 e. The standard InChI is InChI=1S/C19H28N4O/c24-18(23-13-4-7-15-6-1-2-9-17(15)23)16-8-3-12-22(14-16)19-20-10-5-11-21-19/h5,10-11,15-17H,1-4,6-9,12-14H2/t15-,16+,17-/m0/s1. The van der Waals surface area contributed by atoms with Crippen molar-refractivity contribution in [2.45, 2.75) is 57.4 Å². The van der Waals surface area contributed by atoms with Gasteiger partial charge in [-0.3, -0.25) is 4.79 Å². The lowest BCUT2D eigenvalue weighted by Crippen LogP contribution is -2.53. The Morgan fingerprint density at radius 1 is 0.958 bits per heavy atom. The predicted molar refractivity (Wildman–Crippen MR) is 93.7 cm³/mol. The first-order valence-corrected chi connectivity index (χ1v) is 9.65. The number of rotatable bonds is 2. The van der Waals surface area contributed by atoms with Crippen LogP contribution in [-0.2, 0) is 4.79 Å². The number of aromatic nitrogens is 2. The van der Waals surface area contributed by atoms with E-state index in [1.165, 1.54) is 38.5 Å². The van der Waals surface area contributed by atoms with Gasteiger partial charge < -0.3 is 9.80 Å². The van der Waals surface area contributed by atoms with Crippen molar-refractivity contribution in [2.75, 3.05) is 24.5 Å². The summed E-state index contributed by atoms with van der Waals surface area (Å²) < 4.78 is 0. The lowest BCUT2D eigenvalue weighted by molar-refractivity contribution is -0.142. The Bertz CT molecular complexity index is 562. The van der Waals surface area contributed by atoms with Crippen molar-refractivity contribution in [1.29, 1.82) is 0 Å². The molecular formula is C19H28N4O. The molecule has 1 aromatic rings. The van der Waals surface area contributed by atoms with E-state index in [1.807, 2.05) is 6.07 Å². The van der Waals surface area contributed by atoms with Gasteiger partial charge in [0.05, 0.1) is 5.92 Å². The summed E-state index contributed by atoms with van der Waals surface area (Å²) in [6.07, 6.45) is 13.3. The van der Waals surface area contributed by atoms with Gasteiger partial charge in [0.15, 0.2) is 0 Å². The first-order valence-electron chi connectivity index (χ1n) is 9.65. The molecule has 0 N–H and O–H groups in total. The van der Waals surface area contributed by atoms with Crippen LogP contribution in [0.15, 0.2) is 18.5 Å². The largest absolute Gasteiger partial charge is 0.340 e. The van der Waals surface area contributed by atoms with Crippen LogP contribution in [0.3, 0.4) is 0 Å². The second kappa shape index (κ2) is 7.08. The number of likely N-dealkylation sites (tertiary alicyclic amines) is 1. The van der Waals surface area contributed by atoms with E-state index < -0.39 is 0 Å². The number of piperidine rings is 2. The molecular weight excluding hydrogens is 300 g/mol. The highest BCUT2D eigenvalue weighted by Crippen LogP contribution is 2.36. The molecule has 2 aliphatic heterocycles. The lowest BCUT2D eigenvalue weighted by Gasteiger charge is -2.46.